The molecule has 1 unspecified atom stereocenters. The molecule has 0 bridgehead atoms. The van der Waals surface area contributed by atoms with Gasteiger partial charge in [-0.3, -0.25) is 10.1 Å². The largest absolute Gasteiger partial charge is 0.480 e. The van der Waals surface area contributed by atoms with Crippen LogP contribution in [-0.2, 0) is 9.53 Å². The molecule has 0 aliphatic carbocycles. The Morgan fingerprint density at radius 1 is 1.33 bits per heavy atom. The lowest BCUT2D eigenvalue weighted by molar-refractivity contribution is -0.142. The Bertz CT molecular complexity index is 185. The molecule has 0 fully saturated rings. The molecule has 0 aromatic heterocycles. The highest BCUT2D eigenvalue weighted by Gasteiger charge is 2.33. The molecule has 0 spiro atoms. The number of carboxylic acids is 1. The zero-order valence-electron chi connectivity index (χ0n) is 8.51. The van der Waals surface area contributed by atoms with Crippen molar-refractivity contribution in [1.29, 1.82) is 0 Å². The van der Waals surface area contributed by atoms with E-state index in [0.717, 1.165) is 0 Å². The quantitative estimate of drug-likeness (QED) is 0.306. The van der Waals surface area contributed by atoms with E-state index in [1.807, 2.05) is 0 Å². The summed E-state index contributed by atoms with van der Waals surface area (Å²) in [6.07, 6.45) is 0. The molecular weight excluding hydrogens is 206 g/mol. The third-order valence-corrected chi connectivity index (χ3v) is 2.02. The minimum absolute atomic E-state index is 0.128. The minimum Gasteiger partial charge on any atom is -0.480 e. The standard InChI is InChI=1S/C8H17NO6/c1-15-2-6(7(13)14)9-8(3-10,4-11)5-12/h6,9-12H,2-5H2,1H3,(H,13,14). The molecule has 0 radical (unpaired) electrons. The molecule has 0 aliphatic rings. The fraction of sp³-hybridized carbons (Fsp3) is 0.875. The van der Waals surface area contributed by atoms with Crippen molar-refractivity contribution in [3.05, 3.63) is 0 Å². The van der Waals surface area contributed by atoms with Gasteiger partial charge >= 0.3 is 5.97 Å². The molecule has 1 atom stereocenters. The van der Waals surface area contributed by atoms with E-state index in [1.165, 1.54) is 7.11 Å². The predicted molar refractivity (Wildman–Crippen MR) is 50.4 cm³/mol. The Balaban J connectivity index is 4.52. The molecule has 0 aliphatic heterocycles. The number of hydrogen-bond donors (Lipinski definition) is 5. The summed E-state index contributed by atoms with van der Waals surface area (Å²) in [5, 5.41) is 38.1. The van der Waals surface area contributed by atoms with Gasteiger partial charge in [0.2, 0.25) is 0 Å². The molecule has 7 heteroatoms. The molecule has 15 heavy (non-hydrogen) atoms. The zero-order chi connectivity index (χ0) is 11.9. The van der Waals surface area contributed by atoms with Crippen LogP contribution in [0.25, 0.3) is 0 Å². The fourth-order valence-electron chi connectivity index (χ4n) is 0.998. The van der Waals surface area contributed by atoms with Crippen LogP contribution >= 0.6 is 0 Å². The maximum Gasteiger partial charge on any atom is 0.323 e. The van der Waals surface area contributed by atoms with Crippen molar-refractivity contribution in [2.24, 2.45) is 0 Å². The van der Waals surface area contributed by atoms with Crippen LogP contribution in [0.4, 0.5) is 0 Å². The van der Waals surface area contributed by atoms with Crippen LogP contribution in [0.5, 0.6) is 0 Å². The van der Waals surface area contributed by atoms with E-state index in [1.54, 1.807) is 0 Å². The predicted octanol–water partition coefficient (Wildman–Crippen LogP) is -2.61. The second kappa shape index (κ2) is 6.70. The average molecular weight is 223 g/mol. The topological polar surface area (TPSA) is 119 Å². The third-order valence-electron chi connectivity index (χ3n) is 2.02. The Kier molecular flexibility index (Phi) is 6.37. The molecular formula is C8H17NO6. The first kappa shape index (κ1) is 14.3. The number of carboxylic acid groups (broad SMARTS) is 1. The van der Waals surface area contributed by atoms with Crippen LogP contribution in [-0.4, -0.2) is 71.5 Å². The van der Waals surface area contributed by atoms with Gasteiger partial charge < -0.3 is 25.2 Å². The van der Waals surface area contributed by atoms with E-state index in [9.17, 15) is 4.79 Å². The van der Waals surface area contributed by atoms with Gasteiger partial charge in [-0.2, -0.15) is 0 Å². The summed E-state index contributed by atoms with van der Waals surface area (Å²) in [6.45, 7) is -1.86. The van der Waals surface area contributed by atoms with Gasteiger partial charge in [-0.1, -0.05) is 0 Å². The number of aliphatic hydroxyl groups is 3. The second-order valence-electron chi connectivity index (χ2n) is 3.25. The lowest BCUT2D eigenvalue weighted by Crippen LogP contribution is -2.61. The van der Waals surface area contributed by atoms with Gasteiger partial charge in [0.25, 0.3) is 0 Å². The number of aliphatic carboxylic acids is 1. The van der Waals surface area contributed by atoms with Crippen LogP contribution in [0.15, 0.2) is 0 Å². The summed E-state index contributed by atoms with van der Waals surface area (Å²) in [5.41, 5.74) is -1.42. The Morgan fingerprint density at radius 2 is 1.80 bits per heavy atom. The highest BCUT2D eigenvalue weighted by atomic mass is 16.5. The molecule has 90 valence electrons. The summed E-state index contributed by atoms with van der Waals surface area (Å²) in [6, 6.07) is -1.10. The monoisotopic (exact) mass is 223 g/mol. The van der Waals surface area contributed by atoms with Gasteiger partial charge in [-0.05, 0) is 0 Å². The molecule has 0 heterocycles. The Labute approximate surface area is 87.3 Å². The Morgan fingerprint density at radius 3 is 2.07 bits per heavy atom. The highest BCUT2D eigenvalue weighted by molar-refractivity contribution is 5.73. The maximum absolute atomic E-state index is 10.7. The van der Waals surface area contributed by atoms with Crippen molar-refractivity contribution in [1.82, 2.24) is 5.32 Å². The minimum atomic E-state index is -1.42. The van der Waals surface area contributed by atoms with Gasteiger partial charge in [-0.15, -0.1) is 0 Å². The van der Waals surface area contributed by atoms with Crippen LogP contribution in [0.3, 0.4) is 0 Å². The van der Waals surface area contributed by atoms with E-state index in [4.69, 9.17) is 20.4 Å². The van der Waals surface area contributed by atoms with Crippen LogP contribution in [0.2, 0.25) is 0 Å². The maximum atomic E-state index is 10.7. The van der Waals surface area contributed by atoms with Crippen molar-refractivity contribution in [2.45, 2.75) is 11.6 Å². The molecule has 0 aromatic carbocycles. The van der Waals surface area contributed by atoms with Gasteiger partial charge in [0.1, 0.15) is 6.04 Å². The van der Waals surface area contributed by atoms with Crippen molar-refractivity contribution < 1.29 is 30.0 Å². The fourth-order valence-corrected chi connectivity index (χ4v) is 0.998. The van der Waals surface area contributed by atoms with Gasteiger partial charge in [-0.25, -0.2) is 0 Å². The van der Waals surface area contributed by atoms with E-state index in [2.05, 4.69) is 10.1 Å². The smallest absolute Gasteiger partial charge is 0.323 e. The Hall–Kier alpha value is -0.730. The van der Waals surface area contributed by atoms with Crippen molar-refractivity contribution >= 4 is 5.97 Å². The lowest BCUT2D eigenvalue weighted by atomic mass is 10.0. The number of nitrogens with one attached hydrogen (secondary N) is 1. The van der Waals surface area contributed by atoms with Gasteiger partial charge in [0, 0.05) is 7.11 Å². The third kappa shape index (κ3) is 4.10. The molecule has 0 saturated carbocycles. The first-order valence-electron chi connectivity index (χ1n) is 4.37. The van der Waals surface area contributed by atoms with Crippen molar-refractivity contribution in [2.75, 3.05) is 33.5 Å². The van der Waals surface area contributed by atoms with Gasteiger partial charge in [0.05, 0.1) is 32.0 Å². The molecule has 7 nitrogen and oxygen atoms in total. The number of ether oxygens (including phenoxy) is 1. The van der Waals surface area contributed by atoms with Gasteiger partial charge in [0.15, 0.2) is 0 Å². The summed E-state index contributed by atoms with van der Waals surface area (Å²) >= 11 is 0. The molecule has 5 N–H and O–H groups in total. The normalized spacial score (nSPS) is 13.9. The van der Waals surface area contributed by atoms with Crippen LogP contribution in [0, 0.1) is 0 Å². The first-order chi connectivity index (χ1) is 7.05. The number of rotatable bonds is 8. The lowest BCUT2D eigenvalue weighted by Gasteiger charge is -2.31. The SMILES string of the molecule is COCC(NC(CO)(CO)CO)C(=O)O. The summed E-state index contributed by atoms with van der Waals surface area (Å²) < 4.78 is 4.66. The van der Waals surface area contributed by atoms with Crippen LogP contribution < -0.4 is 5.32 Å². The summed E-state index contributed by atoms with van der Waals surface area (Å²) in [4.78, 5) is 10.7. The van der Waals surface area contributed by atoms with Crippen LogP contribution in [0.1, 0.15) is 0 Å². The number of hydrogen-bond acceptors (Lipinski definition) is 6. The van der Waals surface area contributed by atoms with E-state index in [0.29, 0.717) is 0 Å². The number of methoxy groups -OCH3 is 1. The first-order valence-corrected chi connectivity index (χ1v) is 4.37. The van der Waals surface area contributed by atoms with E-state index < -0.39 is 37.4 Å². The average Bonchev–Trinajstić information content (AvgIpc) is 2.24. The van der Waals surface area contributed by atoms with E-state index >= 15 is 0 Å². The number of aliphatic hydroxyl groups excluding tert-OH is 3. The zero-order valence-corrected chi connectivity index (χ0v) is 8.51. The highest BCUT2D eigenvalue weighted by Crippen LogP contribution is 2.04. The second-order valence-corrected chi connectivity index (χ2v) is 3.25. The molecule has 0 saturated heterocycles. The summed E-state index contributed by atoms with van der Waals surface area (Å²) in [7, 11) is 1.33. The molecule has 0 amide bonds. The van der Waals surface area contributed by atoms with Crippen molar-refractivity contribution in [3.8, 4) is 0 Å². The molecule has 0 rings (SSSR count). The molecule has 0 aromatic rings. The summed E-state index contributed by atoms with van der Waals surface area (Å²) in [5.74, 6) is -1.18. The number of carbonyl (C=O) groups is 1. The van der Waals surface area contributed by atoms with Crippen molar-refractivity contribution in [3.63, 3.8) is 0 Å². The van der Waals surface area contributed by atoms with E-state index in [-0.39, 0.29) is 6.61 Å².